The van der Waals surface area contributed by atoms with E-state index in [9.17, 15) is 0 Å². The second-order valence-electron chi connectivity index (χ2n) is 3.69. The largest absolute Gasteiger partial charge is 0.396 e. The van der Waals surface area contributed by atoms with Crippen molar-refractivity contribution in [2.24, 2.45) is 5.92 Å². The van der Waals surface area contributed by atoms with Gasteiger partial charge in [-0.05, 0) is 31.6 Å². The standard InChI is InChI=1S/C10H16Cl2O2/c11-5-9(12)7-14-10-3-1-8(6-13)2-4-10/h5,8,10,13H,1-4,6-7H2. The Morgan fingerprint density at radius 3 is 2.50 bits per heavy atom. The van der Waals surface area contributed by atoms with Gasteiger partial charge in [-0.1, -0.05) is 23.2 Å². The van der Waals surface area contributed by atoms with Crippen LogP contribution in [0.1, 0.15) is 25.7 Å². The molecule has 1 saturated carbocycles. The molecule has 1 aliphatic carbocycles. The van der Waals surface area contributed by atoms with Crippen LogP contribution in [-0.2, 0) is 4.74 Å². The highest BCUT2D eigenvalue weighted by Gasteiger charge is 2.20. The molecule has 1 fully saturated rings. The van der Waals surface area contributed by atoms with Crippen molar-refractivity contribution in [3.8, 4) is 0 Å². The van der Waals surface area contributed by atoms with Crippen LogP contribution in [0.2, 0.25) is 0 Å². The van der Waals surface area contributed by atoms with E-state index < -0.39 is 0 Å². The molecule has 1 aliphatic rings. The van der Waals surface area contributed by atoms with Crippen molar-refractivity contribution in [1.82, 2.24) is 0 Å². The second kappa shape index (κ2) is 6.67. The number of rotatable bonds is 4. The Morgan fingerprint density at radius 2 is 2.00 bits per heavy atom. The van der Waals surface area contributed by atoms with Crippen LogP contribution in [0.3, 0.4) is 0 Å². The van der Waals surface area contributed by atoms with Crippen LogP contribution in [0.5, 0.6) is 0 Å². The lowest BCUT2D eigenvalue weighted by Gasteiger charge is -2.27. The molecule has 0 aromatic rings. The molecule has 0 saturated heterocycles. The van der Waals surface area contributed by atoms with Gasteiger partial charge in [0.25, 0.3) is 0 Å². The second-order valence-corrected chi connectivity index (χ2v) is 4.40. The van der Waals surface area contributed by atoms with Gasteiger partial charge in [-0.3, -0.25) is 0 Å². The lowest BCUT2D eigenvalue weighted by molar-refractivity contribution is 0.0251. The highest BCUT2D eigenvalue weighted by atomic mass is 35.5. The fourth-order valence-electron chi connectivity index (χ4n) is 1.71. The molecule has 14 heavy (non-hydrogen) atoms. The average Bonchev–Trinajstić information content (AvgIpc) is 2.26. The van der Waals surface area contributed by atoms with Crippen molar-refractivity contribution in [2.45, 2.75) is 31.8 Å². The van der Waals surface area contributed by atoms with Crippen LogP contribution in [-0.4, -0.2) is 24.4 Å². The first-order valence-electron chi connectivity index (χ1n) is 4.93. The van der Waals surface area contributed by atoms with E-state index in [1.807, 2.05) is 0 Å². The molecule has 1 rings (SSSR count). The third-order valence-electron chi connectivity index (χ3n) is 2.63. The predicted octanol–water partition coefficient (Wildman–Crippen LogP) is 2.87. The third kappa shape index (κ3) is 4.18. The fourth-order valence-corrected chi connectivity index (χ4v) is 1.84. The van der Waals surface area contributed by atoms with Gasteiger partial charge in [0.1, 0.15) is 0 Å². The smallest absolute Gasteiger partial charge is 0.0835 e. The first kappa shape index (κ1) is 12.3. The zero-order valence-corrected chi connectivity index (χ0v) is 9.60. The van der Waals surface area contributed by atoms with E-state index in [0.29, 0.717) is 24.2 Å². The van der Waals surface area contributed by atoms with Gasteiger partial charge in [0.15, 0.2) is 0 Å². The molecule has 0 atom stereocenters. The van der Waals surface area contributed by atoms with Gasteiger partial charge >= 0.3 is 0 Å². The Labute approximate surface area is 94.8 Å². The summed E-state index contributed by atoms with van der Waals surface area (Å²) in [5, 5.41) is 9.48. The van der Waals surface area contributed by atoms with E-state index in [4.69, 9.17) is 33.0 Å². The number of aliphatic hydroxyl groups is 1. The highest BCUT2D eigenvalue weighted by molar-refractivity contribution is 6.36. The molecule has 0 radical (unpaired) electrons. The van der Waals surface area contributed by atoms with Crippen LogP contribution in [0.4, 0.5) is 0 Å². The monoisotopic (exact) mass is 238 g/mol. The normalized spacial score (nSPS) is 29.2. The van der Waals surface area contributed by atoms with Gasteiger partial charge in [-0.15, -0.1) is 0 Å². The molecule has 0 unspecified atom stereocenters. The van der Waals surface area contributed by atoms with Crippen molar-refractivity contribution in [1.29, 1.82) is 0 Å². The van der Waals surface area contributed by atoms with Crippen LogP contribution in [0.15, 0.2) is 10.6 Å². The molecule has 0 spiro atoms. The summed E-state index contributed by atoms with van der Waals surface area (Å²) in [5.41, 5.74) is 1.33. The maximum Gasteiger partial charge on any atom is 0.0835 e. The van der Waals surface area contributed by atoms with Crippen molar-refractivity contribution in [3.05, 3.63) is 10.6 Å². The highest BCUT2D eigenvalue weighted by Crippen LogP contribution is 2.26. The van der Waals surface area contributed by atoms with E-state index in [0.717, 1.165) is 25.7 Å². The van der Waals surface area contributed by atoms with Crippen LogP contribution in [0.25, 0.3) is 0 Å². The zero-order chi connectivity index (χ0) is 10.4. The van der Waals surface area contributed by atoms with Crippen LogP contribution < -0.4 is 0 Å². The van der Waals surface area contributed by atoms with E-state index in [1.165, 1.54) is 5.54 Å². The summed E-state index contributed by atoms with van der Waals surface area (Å²) in [6, 6.07) is 0. The fraction of sp³-hybridized carbons (Fsp3) is 0.800. The maximum absolute atomic E-state index is 8.94. The van der Waals surface area contributed by atoms with Gasteiger partial charge in [-0.25, -0.2) is 0 Å². The molecule has 0 aromatic heterocycles. The van der Waals surface area contributed by atoms with Crippen molar-refractivity contribution in [3.63, 3.8) is 0 Å². The Hall–Kier alpha value is 0.240. The Morgan fingerprint density at radius 1 is 1.36 bits per heavy atom. The number of ether oxygens (including phenoxy) is 1. The lowest BCUT2D eigenvalue weighted by Crippen LogP contribution is -2.23. The minimum atomic E-state index is 0.281. The van der Waals surface area contributed by atoms with E-state index >= 15 is 0 Å². The summed E-state index contributed by atoms with van der Waals surface area (Å²) in [6.07, 6.45) is 4.39. The Kier molecular flexibility index (Phi) is 5.87. The Balaban J connectivity index is 2.16. The molecule has 0 bridgehead atoms. The molecule has 0 amide bonds. The summed E-state index contributed by atoms with van der Waals surface area (Å²) in [7, 11) is 0. The van der Waals surface area contributed by atoms with Gasteiger partial charge in [0.05, 0.1) is 17.7 Å². The lowest BCUT2D eigenvalue weighted by atomic mass is 9.88. The molecule has 0 heterocycles. The van der Waals surface area contributed by atoms with E-state index in [-0.39, 0.29) is 6.10 Å². The molecule has 82 valence electrons. The number of hydrogen-bond acceptors (Lipinski definition) is 2. The minimum absolute atomic E-state index is 0.281. The molecule has 0 aromatic carbocycles. The van der Waals surface area contributed by atoms with Crippen molar-refractivity contribution >= 4 is 23.2 Å². The molecule has 4 heteroatoms. The minimum Gasteiger partial charge on any atom is -0.396 e. The first-order chi connectivity index (χ1) is 6.76. The topological polar surface area (TPSA) is 29.5 Å². The number of aliphatic hydroxyl groups excluding tert-OH is 1. The molecule has 1 N–H and O–H groups in total. The van der Waals surface area contributed by atoms with Crippen LogP contribution >= 0.6 is 23.2 Å². The zero-order valence-electron chi connectivity index (χ0n) is 8.09. The molecule has 2 nitrogen and oxygen atoms in total. The predicted molar refractivity (Wildman–Crippen MR) is 58.6 cm³/mol. The quantitative estimate of drug-likeness (QED) is 0.817. The van der Waals surface area contributed by atoms with Crippen LogP contribution in [0, 0.1) is 5.92 Å². The molecule has 0 aliphatic heterocycles. The average molecular weight is 239 g/mol. The van der Waals surface area contributed by atoms with Gasteiger partial charge in [0.2, 0.25) is 0 Å². The summed E-state index contributed by atoms with van der Waals surface area (Å²) in [5.74, 6) is 0.467. The number of hydrogen-bond donors (Lipinski definition) is 1. The first-order valence-corrected chi connectivity index (χ1v) is 5.75. The van der Waals surface area contributed by atoms with Gasteiger partial charge < -0.3 is 9.84 Å². The third-order valence-corrected chi connectivity index (χ3v) is 3.22. The summed E-state index contributed by atoms with van der Waals surface area (Å²) in [6.45, 7) is 0.703. The van der Waals surface area contributed by atoms with Crippen molar-refractivity contribution < 1.29 is 9.84 Å². The summed E-state index contributed by atoms with van der Waals surface area (Å²) < 4.78 is 5.56. The van der Waals surface area contributed by atoms with Gasteiger partial charge in [-0.2, -0.15) is 0 Å². The molecular weight excluding hydrogens is 223 g/mol. The summed E-state index contributed by atoms with van der Waals surface area (Å²) >= 11 is 11.1. The van der Waals surface area contributed by atoms with Gasteiger partial charge in [0, 0.05) is 12.1 Å². The summed E-state index contributed by atoms with van der Waals surface area (Å²) in [4.78, 5) is 0. The van der Waals surface area contributed by atoms with Crippen molar-refractivity contribution in [2.75, 3.05) is 13.2 Å². The van der Waals surface area contributed by atoms with E-state index in [2.05, 4.69) is 0 Å². The van der Waals surface area contributed by atoms with E-state index in [1.54, 1.807) is 0 Å². The Bertz CT molecular complexity index is 187. The molecular formula is C10H16Cl2O2. The maximum atomic E-state index is 8.94. The number of halogens is 2. The SMILES string of the molecule is OCC1CCC(OCC(Cl)=CCl)CC1.